The number of carbonyl (C=O) groups excluding carboxylic acids is 1. The van der Waals surface area contributed by atoms with Crippen LogP contribution in [0.15, 0.2) is 54.6 Å². The maximum Gasteiger partial charge on any atom is 0.314 e. The van der Waals surface area contributed by atoms with Crippen molar-refractivity contribution in [2.45, 2.75) is 12.5 Å². The third-order valence-corrected chi connectivity index (χ3v) is 4.15. The van der Waals surface area contributed by atoms with E-state index in [4.69, 9.17) is 4.74 Å². The highest BCUT2D eigenvalue weighted by molar-refractivity contribution is 5.73. The van der Waals surface area contributed by atoms with Crippen molar-refractivity contribution in [2.24, 2.45) is 5.92 Å². The average Bonchev–Trinajstić information content (AvgIpc) is 2.65. The van der Waals surface area contributed by atoms with Crippen molar-refractivity contribution in [3.8, 4) is 5.75 Å². The number of rotatable bonds is 5. The standard InChI is InChI=1S/C19H22N2O3/c22-17(15-6-2-1-3-7-15)12-21-19(23)20-11-14-10-16-8-4-5-9-18(16)24-13-14/h1-9,14,17,22H,10-13H2,(H2,20,21,23)/t14-,17-/m0/s1. The van der Waals surface area contributed by atoms with E-state index in [1.54, 1.807) is 0 Å². The third kappa shape index (κ3) is 4.26. The smallest absolute Gasteiger partial charge is 0.314 e. The molecule has 1 heterocycles. The van der Waals surface area contributed by atoms with E-state index in [0.717, 1.165) is 17.7 Å². The van der Waals surface area contributed by atoms with Crippen molar-refractivity contribution >= 4 is 6.03 Å². The summed E-state index contributed by atoms with van der Waals surface area (Å²) in [5, 5.41) is 15.6. The first-order valence-electron chi connectivity index (χ1n) is 8.18. The molecule has 0 bridgehead atoms. The number of nitrogens with one attached hydrogen (secondary N) is 2. The van der Waals surface area contributed by atoms with Gasteiger partial charge < -0.3 is 20.5 Å². The number of amides is 2. The van der Waals surface area contributed by atoms with Crippen LogP contribution < -0.4 is 15.4 Å². The lowest BCUT2D eigenvalue weighted by molar-refractivity contribution is 0.171. The van der Waals surface area contributed by atoms with Crippen LogP contribution in [0.4, 0.5) is 4.79 Å². The van der Waals surface area contributed by atoms with E-state index in [1.807, 2.05) is 48.5 Å². The number of fused-ring (bicyclic) bond motifs is 1. The predicted molar refractivity (Wildman–Crippen MR) is 91.9 cm³/mol. The largest absolute Gasteiger partial charge is 0.493 e. The highest BCUT2D eigenvalue weighted by Crippen LogP contribution is 2.26. The minimum Gasteiger partial charge on any atom is -0.493 e. The fourth-order valence-electron chi connectivity index (χ4n) is 2.80. The summed E-state index contributed by atoms with van der Waals surface area (Å²) in [6.45, 7) is 1.32. The molecule has 0 fully saturated rings. The number of aliphatic hydroxyl groups excluding tert-OH is 1. The Hall–Kier alpha value is -2.53. The molecule has 24 heavy (non-hydrogen) atoms. The number of ether oxygens (including phenoxy) is 1. The Morgan fingerprint density at radius 3 is 2.71 bits per heavy atom. The minimum atomic E-state index is -0.707. The number of aliphatic hydroxyl groups is 1. The zero-order valence-corrected chi connectivity index (χ0v) is 13.4. The van der Waals surface area contributed by atoms with Gasteiger partial charge in [-0.2, -0.15) is 0 Å². The molecule has 0 aromatic heterocycles. The molecule has 2 amide bonds. The van der Waals surface area contributed by atoms with Crippen molar-refractivity contribution in [2.75, 3.05) is 19.7 Å². The van der Waals surface area contributed by atoms with Crippen molar-refractivity contribution < 1.29 is 14.6 Å². The van der Waals surface area contributed by atoms with Gasteiger partial charge in [0.1, 0.15) is 5.75 Å². The number of hydrogen-bond donors (Lipinski definition) is 3. The summed E-state index contributed by atoms with van der Waals surface area (Å²) >= 11 is 0. The first-order valence-corrected chi connectivity index (χ1v) is 8.18. The van der Waals surface area contributed by atoms with Crippen LogP contribution in [0.2, 0.25) is 0 Å². The average molecular weight is 326 g/mol. The molecule has 3 rings (SSSR count). The van der Waals surface area contributed by atoms with Gasteiger partial charge in [-0.3, -0.25) is 0 Å². The molecular weight excluding hydrogens is 304 g/mol. The van der Waals surface area contributed by atoms with Gasteiger partial charge in [0.15, 0.2) is 0 Å². The zero-order chi connectivity index (χ0) is 16.8. The molecule has 0 spiro atoms. The summed E-state index contributed by atoms with van der Waals surface area (Å²) in [5.41, 5.74) is 1.96. The molecular formula is C19H22N2O3. The fourth-order valence-corrected chi connectivity index (χ4v) is 2.80. The Labute approximate surface area is 141 Å². The normalized spacial score (nSPS) is 17.3. The van der Waals surface area contributed by atoms with E-state index in [1.165, 1.54) is 5.56 Å². The number of hydrogen-bond acceptors (Lipinski definition) is 3. The van der Waals surface area contributed by atoms with Crippen molar-refractivity contribution in [3.05, 3.63) is 65.7 Å². The predicted octanol–water partition coefficient (Wildman–Crippen LogP) is 2.27. The Morgan fingerprint density at radius 1 is 1.12 bits per heavy atom. The van der Waals surface area contributed by atoms with Crippen LogP contribution in [0.25, 0.3) is 0 Å². The summed E-state index contributed by atoms with van der Waals surface area (Å²) < 4.78 is 5.71. The van der Waals surface area contributed by atoms with Crippen LogP contribution in [0.5, 0.6) is 5.75 Å². The lowest BCUT2D eigenvalue weighted by Gasteiger charge is -2.25. The first-order chi connectivity index (χ1) is 11.7. The van der Waals surface area contributed by atoms with Gasteiger partial charge in [-0.25, -0.2) is 4.79 Å². The maximum atomic E-state index is 11.9. The topological polar surface area (TPSA) is 70.6 Å². The summed E-state index contributed by atoms with van der Waals surface area (Å²) in [5.74, 6) is 1.19. The molecule has 5 heteroatoms. The molecule has 0 saturated carbocycles. The quantitative estimate of drug-likeness (QED) is 0.789. The Bertz CT molecular complexity index is 675. The van der Waals surface area contributed by atoms with Crippen LogP contribution in [0.3, 0.4) is 0 Å². The van der Waals surface area contributed by atoms with Crippen molar-refractivity contribution in [1.29, 1.82) is 0 Å². The highest BCUT2D eigenvalue weighted by Gasteiger charge is 2.20. The number of benzene rings is 2. The first kappa shape index (κ1) is 16.3. The second-order valence-electron chi connectivity index (χ2n) is 6.01. The van der Waals surface area contributed by atoms with Crippen LogP contribution in [-0.4, -0.2) is 30.8 Å². The fraction of sp³-hybridized carbons (Fsp3) is 0.316. The van der Waals surface area contributed by atoms with Crippen LogP contribution in [-0.2, 0) is 6.42 Å². The highest BCUT2D eigenvalue weighted by atomic mass is 16.5. The van der Waals surface area contributed by atoms with E-state index in [-0.39, 0.29) is 18.5 Å². The molecule has 5 nitrogen and oxygen atoms in total. The molecule has 1 aliphatic heterocycles. The monoisotopic (exact) mass is 326 g/mol. The number of para-hydroxylation sites is 1. The molecule has 0 radical (unpaired) electrons. The number of carbonyl (C=O) groups is 1. The number of urea groups is 1. The molecule has 2 aromatic rings. The van der Waals surface area contributed by atoms with E-state index in [2.05, 4.69) is 16.7 Å². The summed E-state index contributed by atoms with van der Waals surface area (Å²) in [7, 11) is 0. The van der Waals surface area contributed by atoms with Crippen LogP contribution in [0, 0.1) is 5.92 Å². The van der Waals surface area contributed by atoms with Gasteiger partial charge in [0.2, 0.25) is 0 Å². The van der Waals surface area contributed by atoms with E-state index >= 15 is 0 Å². The second-order valence-corrected chi connectivity index (χ2v) is 6.01. The van der Waals surface area contributed by atoms with Crippen LogP contribution in [0.1, 0.15) is 17.2 Å². The van der Waals surface area contributed by atoms with Crippen molar-refractivity contribution in [3.63, 3.8) is 0 Å². The van der Waals surface area contributed by atoms with E-state index < -0.39 is 6.10 Å². The molecule has 0 saturated heterocycles. The summed E-state index contributed by atoms with van der Waals surface area (Å²) in [6.07, 6.45) is 0.185. The van der Waals surface area contributed by atoms with Gasteiger partial charge in [0, 0.05) is 19.0 Å². The lowest BCUT2D eigenvalue weighted by Crippen LogP contribution is -2.42. The summed E-state index contributed by atoms with van der Waals surface area (Å²) in [4.78, 5) is 11.9. The van der Waals surface area contributed by atoms with Gasteiger partial charge in [0.25, 0.3) is 0 Å². The maximum absolute atomic E-state index is 11.9. The van der Waals surface area contributed by atoms with E-state index in [9.17, 15) is 9.90 Å². The van der Waals surface area contributed by atoms with Gasteiger partial charge in [-0.1, -0.05) is 48.5 Å². The van der Waals surface area contributed by atoms with Gasteiger partial charge in [-0.05, 0) is 23.6 Å². The summed E-state index contributed by atoms with van der Waals surface area (Å²) in [6, 6.07) is 17.0. The molecule has 1 aliphatic rings. The van der Waals surface area contributed by atoms with E-state index in [0.29, 0.717) is 13.2 Å². The molecule has 0 aliphatic carbocycles. The third-order valence-electron chi connectivity index (χ3n) is 4.15. The lowest BCUT2D eigenvalue weighted by atomic mass is 9.97. The molecule has 126 valence electrons. The van der Waals surface area contributed by atoms with Gasteiger partial charge in [-0.15, -0.1) is 0 Å². The van der Waals surface area contributed by atoms with Gasteiger partial charge >= 0.3 is 6.03 Å². The molecule has 2 aromatic carbocycles. The SMILES string of the molecule is O=C(NC[C@H]1COc2ccccc2C1)NC[C@H](O)c1ccccc1. The zero-order valence-electron chi connectivity index (χ0n) is 13.4. The Morgan fingerprint density at radius 2 is 1.88 bits per heavy atom. The minimum absolute atomic E-state index is 0.180. The second kappa shape index (κ2) is 7.84. The van der Waals surface area contributed by atoms with Crippen LogP contribution >= 0.6 is 0 Å². The molecule has 0 unspecified atom stereocenters. The Kier molecular flexibility index (Phi) is 5.33. The Balaban J connectivity index is 1.40. The van der Waals surface area contributed by atoms with Gasteiger partial charge in [0.05, 0.1) is 12.7 Å². The molecule has 3 N–H and O–H groups in total. The van der Waals surface area contributed by atoms with Crippen molar-refractivity contribution in [1.82, 2.24) is 10.6 Å². The molecule has 2 atom stereocenters.